The molecule has 23 heavy (non-hydrogen) atoms. The molecule has 1 aliphatic heterocycles. The molecule has 2 nitrogen and oxygen atoms in total. The van der Waals surface area contributed by atoms with Crippen LogP contribution >= 0.6 is 0 Å². The van der Waals surface area contributed by atoms with Crippen LogP contribution in [0.4, 0.5) is 0 Å². The van der Waals surface area contributed by atoms with Crippen LogP contribution in [-0.2, 0) is 11.8 Å². The van der Waals surface area contributed by atoms with Crippen molar-refractivity contribution in [2.24, 2.45) is 11.3 Å². The van der Waals surface area contributed by atoms with Gasteiger partial charge in [0.1, 0.15) is 5.75 Å². The summed E-state index contributed by atoms with van der Waals surface area (Å²) < 4.78 is 5.57. The van der Waals surface area contributed by atoms with Gasteiger partial charge in [-0.2, -0.15) is 0 Å². The van der Waals surface area contributed by atoms with E-state index < -0.39 is 0 Å². The van der Waals surface area contributed by atoms with Crippen molar-refractivity contribution >= 4 is 0 Å². The molecule has 124 valence electrons. The number of piperidine rings is 1. The van der Waals surface area contributed by atoms with Gasteiger partial charge in [0, 0.05) is 18.5 Å². The number of ether oxygens (including phenoxy) is 1. The quantitative estimate of drug-likeness (QED) is 0.831. The summed E-state index contributed by atoms with van der Waals surface area (Å²) in [6, 6.07) is 6.91. The average Bonchev–Trinajstić information content (AvgIpc) is 3.30. The summed E-state index contributed by atoms with van der Waals surface area (Å²) in [7, 11) is 1.81. The zero-order valence-electron chi connectivity index (χ0n) is 14.4. The van der Waals surface area contributed by atoms with Crippen molar-refractivity contribution in [1.29, 1.82) is 0 Å². The Labute approximate surface area is 140 Å². The van der Waals surface area contributed by atoms with Crippen LogP contribution < -0.4 is 4.74 Å². The normalized spacial score (nSPS) is 36.2. The Hall–Kier alpha value is -1.02. The van der Waals surface area contributed by atoms with E-state index in [0.717, 1.165) is 11.7 Å². The number of hydrogen-bond acceptors (Lipinski definition) is 2. The molecule has 1 aromatic carbocycles. The number of nitrogens with zero attached hydrogens (tertiary/aromatic N) is 1. The fourth-order valence-electron chi connectivity index (χ4n) is 6.25. The lowest BCUT2D eigenvalue weighted by Gasteiger charge is -2.57. The SMILES string of the molecule is COc1ccc2c(c1)C13CCCC1(CC2)CN(CC1CC1)CC3. The zero-order valence-corrected chi connectivity index (χ0v) is 14.4. The van der Waals surface area contributed by atoms with Crippen molar-refractivity contribution in [2.75, 3.05) is 26.7 Å². The van der Waals surface area contributed by atoms with Gasteiger partial charge in [-0.05, 0) is 86.1 Å². The molecule has 1 heterocycles. The van der Waals surface area contributed by atoms with E-state index in [9.17, 15) is 0 Å². The second-order valence-corrected chi connectivity index (χ2v) is 8.67. The van der Waals surface area contributed by atoms with E-state index in [1.807, 2.05) is 7.11 Å². The highest BCUT2D eigenvalue weighted by Crippen LogP contribution is 2.64. The number of aryl methyl sites for hydroxylation is 1. The van der Waals surface area contributed by atoms with Gasteiger partial charge in [0.25, 0.3) is 0 Å². The van der Waals surface area contributed by atoms with Crippen LogP contribution in [-0.4, -0.2) is 31.6 Å². The largest absolute Gasteiger partial charge is 0.497 e. The summed E-state index contributed by atoms with van der Waals surface area (Å²) in [5.74, 6) is 2.08. The lowest BCUT2D eigenvalue weighted by molar-refractivity contribution is 0.00499. The van der Waals surface area contributed by atoms with Gasteiger partial charge in [-0.1, -0.05) is 12.5 Å². The third-order valence-electron chi connectivity index (χ3n) is 7.57. The Balaban J connectivity index is 1.54. The minimum absolute atomic E-state index is 0.454. The number of rotatable bonds is 3. The zero-order chi connectivity index (χ0) is 15.5. The summed E-state index contributed by atoms with van der Waals surface area (Å²) in [6.07, 6.45) is 11.3. The molecule has 0 amide bonds. The summed E-state index contributed by atoms with van der Waals surface area (Å²) >= 11 is 0. The van der Waals surface area contributed by atoms with Gasteiger partial charge < -0.3 is 9.64 Å². The van der Waals surface area contributed by atoms with Crippen LogP contribution in [0.1, 0.15) is 56.1 Å². The molecule has 0 N–H and O–H groups in total. The highest BCUT2D eigenvalue weighted by molar-refractivity contribution is 5.46. The third-order valence-corrected chi connectivity index (χ3v) is 7.57. The standard InChI is InChI=1S/C21H29NO/c1-23-18-6-5-17-7-10-20-8-2-9-21(20,19(17)13-18)11-12-22(15-20)14-16-3-4-16/h5-6,13,16H,2-4,7-12,14-15H2,1H3. The summed E-state index contributed by atoms with van der Waals surface area (Å²) in [5.41, 5.74) is 4.28. The molecule has 1 aromatic rings. The first-order valence-electron chi connectivity index (χ1n) is 9.65. The van der Waals surface area contributed by atoms with Gasteiger partial charge in [-0.3, -0.25) is 0 Å². The first kappa shape index (κ1) is 14.3. The van der Waals surface area contributed by atoms with Crippen molar-refractivity contribution in [3.05, 3.63) is 29.3 Å². The molecule has 0 spiro atoms. The molecule has 0 radical (unpaired) electrons. The number of methoxy groups -OCH3 is 1. The highest BCUT2D eigenvalue weighted by Gasteiger charge is 2.59. The van der Waals surface area contributed by atoms with E-state index in [4.69, 9.17) is 4.74 Å². The van der Waals surface area contributed by atoms with Gasteiger partial charge in [0.2, 0.25) is 0 Å². The topological polar surface area (TPSA) is 12.5 Å². The Morgan fingerprint density at radius 3 is 2.91 bits per heavy atom. The summed E-state index contributed by atoms with van der Waals surface area (Å²) in [6.45, 7) is 4.05. The average molecular weight is 311 g/mol. The predicted octanol–water partition coefficient (Wildman–Crippen LogP) is 4.17. The Morgan fingerprint density at radius 2 is 2.09 bits per heavy atom. The van der Waals surface area contributed by atoms with Crippen molar-refractivity contribution in [2.45, 2.75) is 56.8 Å². The first-order chi connectivity index (χ1) is 11.2. The molecule has 0 bridgehead atoms. The summed E-state index contributed by atoms with van der Waals surface area (Å²) in [5, 5.41) is 0. The van der Waals surface area contributed by atoms with E-state index in [1.165, 1.54) is 71.0 Å². The van der Waals surface area contributed by atoms with Crippen molar-refractivity contribution in [3.8, 4) is 5.75 Å². The lowest BCUT2D eigenvalue weighted by atomic mass is 9.52. The molecule has 1 saturated heterocycles. The van der Waals surface area contributed by atoms with Crippen molar-refractivity contribution < 1.29 is 4.74 Å². The summed E-state index contributed by atoms with van der Waals surface area (Å²) in [4.78, 5) is 2.83. The van der Waals surface area contributed by atoms with Gasteiger partial charge in [-0.25, -0.2) is 0 Å². The fourth-order valence-corrected chi connectivity index (χ4v) is 6.25. The first-order valence-corrected chi connectivity index (χ1v) is 9.65. The minimum atomic E-state index is 0.454. The smallest absolute Gasteiger partial charge is 0.119 e. The van der Waals surface area contributed by atoms with Crippen LogP contribution in [0.2, 0.25) is 0 Å². The van der Waals surface area contributed by atoms with Crippen molar-refractivity contribution in [1.82, 2.24) is 4.90 Å². The molecule has 2 atom stereocenters. The van der Waals surface area contributed by atoms with E-state index in [1.54, 1.807) is 11.1 Å². The molecule has 2 unspecified atom stereocenters. The Kier molecular flexibility index (Phi) is 3.11. The van der Waals surface area contributed by atoms with Crippen LogP contribution in [0.5, 0.6) is 5.75 Å². The molecule has 2 heteroatoms. The van der Waals surface area contributed by atoms with Gasteiger partial charge in [-0.15, -0.1) is 0 Å². The lowest BCUT2D eigenvalue weighted by Crippen LogP contribution is -2.57. The second kappa shape index (κ2) is 4.99. The van der Waals surface area contributed by atoms with E-state index in [-0.39, 0.29) is 0 Å². The minimum Gasteiger partial charge on any atom is -0.497 e. The van der Waals surface area contributed by atoms with Gasteiger partial charge >= 0.3 is 0 Å². The fraction of sp³-hybridized carbons (Fsp3) is 0.714. The molecule has 3 aliphatic carbocycles. The molecule has 3 fully saturated rings. The molecular formula is C21H29NO. The third kappa shape index (κ3) is 2.03. The van der Waals surface area contributed by atoms with Gasteiger partial charge in [0.05, 0.1) is 7.11 Å². The van der Waals surface area contributed by atoms with Crippen LogP contribution in [0.25, 0.3) is 0 Å². The monoisotopic (exact) mass is 311 g/mol. The molecule has 2 saturated carbocycles. The number of fused-ring (bicyclic) bond motifs is 1. The number of likely N-dealkylation sites (tertiary alicyclic amines) is 1. The van der Waals surface area contributed by atoms with Crippen LogP contribution in [0.3, 0.4) is 0 Å². The van der Waals surface area contributed by atoms with Gasteiger partial charge in [0.15, 0.2) is 0 Å². The maximum absolute atomic E-state index is 5.57. The van der Waals surface area contributed by atoms with Crippen LogP contribution in [0, 0.1) is 11.3 Å². The maximum atomic E-state index is 5.57. The Morgan fingerprint density at radius 1 is 1.17 bits per heavy atom. The highest BCUT2D eigenvalue weighted by atomic mass is 16.5. The molecule has 0 aromatic heterocycles. The Bertz CT molecular complexity index is 622. The predicted molar refractivity (Wildman–Crippen MR) is 93.1 cm³/mol. The van der Waals surface area contributed by atoms with Crippen LogP contribution in [0.15, 0.2) is 18.2 Å². The number of hydrogen-bond donors (Lipinski definition) is 0. The molecule has 4 aliphatic rings. The van der Waals surface area contributed by atoms with E-state index >= 15 is 0 Å². The van der Waals surface area contributed by atoms with Crippen molar-refractivity contribution in [3.63, 3.8) is 0 Å². The molecule has 5 rings (SSSR count). The second-order valence-electron chi connectivity index (χ2n) is 8.67. The maximum Gasteiger partial charge on any atom is 0.119 e. The molecular weight excluding hydrogens is 282 g/mol. The van der Waals surface area contributed by atoms with E-state index in [0.29, 0.717) is 10.8 Å². The van der Waals surface area contributed by atoms with E-state index in [2.05, 4.69) is 23.1 Å². The number of benzene rings is 1.